The fourth-order valence-corrected chi connectivity index (χ4v) is 3.12. The predicted molar refractivity (Wildman–Crippen MR) is 83.2 cm³/mol. The molecule has 0 bridgehead atoms. The van der Waals surface area contributed by atoms with Crippen molar-refractivity contribution < 1.29 is 4.42 Å². The summed E-state index contributed by atoms with van der Waals surface area (Å²) in [4.78, 5) is 4.36. The quantitative estimate of drug-likeness (QED) is 0.767. The number of rotatable bonds is 5. The highest BCUT2D eigenvalue weighted by Gasteiger charge is 2.11. The molecule has 104 valence electrons. The summed E-state index contributed by atoms with van der Waals surface area (Å²) in [5.41, 5.74) is 2.22. The summed E-state index contributed by atoms with van der Waals surface area (Å²) in [5, 5.41) is 7.94. The molecule has 1 unspecified atom stereocenters. The number of hydrogen-bond donors (Lipinski definition) is 1. The average molecular weight is 286 g/mol. The lowest BCUT2D eigenvalue weighted by molar-refractivity contribution is 0.559. The van der Waals surface area contributed by atoms with Crippen molar-refractivity contribution in [3.63, 3.8) is 0 Å². The van der Waals surface area contributed by atoms with E-state index in [9.17, 15) is 0 Å². The third kappa shape index (κ3) is 2.62. The first-order chi connectivity index (χ1) is 9.75. The number of fused-ring (bicyclic) bond motifs is 1. The minimum absolute atomic E-state index is 0.438. The van der Waals surface area contributed by atoms with E-state index in [-0.39, 0.29) is 0 Å². The number of thiazole rings is 1. The monoisotopic (exact) mass is 286 g/mol. The van der Waals surface area contributed by atoms with E-state index in [0.717, 1.165) is 24.4 Å². The van der Waals surface area contributed by atoms with E-state index in [4.69, 9.17) is 4.42 Å². The molecule has 0 saturated carbocycles. The van der Waals surface area contributed by atoms with Crippen molar-refractivity contribution in [2.45, 2.75) is 26.3 Å². The molecule has 0 aliphatic carbocycles. The summed E-state index contributed by atoms with van der Waals surface area (Å²) in [7, 11) is 0. The van der Waals surface area contributed by atoms with E-state index in [0.29, 0.717) is 5.92 Å². The van der Waals surface area contributed by atoms with Gasteiger partial charge in [-0.15, -0.1) is 11.3 Å². The third-order valence-corrected chi connectivity index (χ3v) is 4.53. The lowest BCUT2D eigenvalue weighted by Crippen LogP contribution is -2.19. The minimum atomic E-state index is 0.438. The standard InChI is InChI=1S/C16H18N2OS/c1-11(16-18-7-8-20-16)9-17-10-14-12(2)19-15-6-4-3-5-13(14)15/h3-8,11,17H,9-10H2,1-2H3. The molecule has 3 rings (SSSR count). The molecule has 0 aliphatic heterocycles. The first-order valence-electron chi connectivity index (χ1n) is 6.83. The molecule has 3 aromatic rings. The minimum Gasteiger partial charge on any atom is -0.461 e. The van der Waals surface area contributed by atoms with Crippen LogP contribution in [0.1, 0.15) is 29.2 Å². The summed E-state index contributed by atoms with van der Waals surface area (Å²) >= 11 is 1.72. The third-order valence-electron chi connectivity index (χ3n) is 3.53. The van der Waals surface area contributed by atoms with Crippen molar-refractivity contribution in [2.75, 3.05) is 6.54 Å². The molecule has 1 N–H and O–H groups in total. The van der Waals surface area contributed by atoms with Crippen molar-refractivity contribution in [3.8, 4) is 0 Å². The fourth-order valence-electron chi connectivity index (χ4n) is 2.42. The van der Waals surface area contributed by atoms with Gasteiger partial charge >= 0.3 is 0 Å². The Morgan fingerprint density at radius 2 is 2.20 bits per heavy atom. The number of nitrogens with one attached hydrogen (secondary N) is 1. The largest absolute Gasteiger partial charge is 0.461 e. The van der Waals surface area contributed by atoms with Crippen molar-refractivity contribution >= 4 is 22.3 Å². The van der Waals surface area contributed by atoms with Gasteiger partial charge in [-0.25, -0.2) is 4.98 Å². The van der Waals surface area contributed by atoms with E-state index in [1.165, 1.54) is 16.0 Å². The summed E-state index contributed by atoms with van der Waals surface area (Å²) < 4.78 is 5.78. The average Bonchev–Trinajstić information content (AvgIpc) is 3.07. The van der Waals surface area contributed by atoms with Gasteiger partial charge < -0.3 is 9.73 Å². The molecule has 0 aliphatic rings. The van der Waals surface area contributed by atoms with Gasteiger partial charge in [-0.05, 0) is 13.0 Å². The smallest absolute Gasteiger partial charge is 0.134 e. The van der Waals surface area contributed by atoms with Gasteiger partial charge in [0.2, 0.25) is 0 Å². The fraction of sp³-hybridized carbons (Fsp3) is 0.312. The van der Waals surface area contributed by atoms with E-state index < -0.39 is 0 Å². The SMILES string of the molecule is Cc1oc2ccccc2c1CNCC(C)c1nccs1. The Hall–Kier alpha value is -1.65. The molecule has 2 aromatic heterocycles. The zero-order chi connectivity index (χ0) is 13.9. The first kappa shape index (κ1) is 13.3. The van der Waals surface area contributed by atoms with Crippen LogP contribution in [0.3, 0.4) is 0 Å². The van der Waals surface area contributed by atoms with Crippen LogP contribution in [0.4, 0.5) is 0 Å². The lowest BCUT2D eigenvalue weighted by Gasteiger charge is -2.09. The second-order valence-corrected chi connectivity index (χ2v) is 5.96. The maximum Gasteiger partial charge on any atom is 0.134 e. The summed E-state index contributed by atoms with van der Waals surface area (Å²) in [6.45, 7) is 5.98. The second-order valence-electron chi connectivity index (χ2n) is 5.04. The molecule has 0 amide bonds. The summed E-state index contributed by atoms with van der Waals surface area (Å²) in [5.74, 6) is 1.44. The highest BCUT2D eigenvalue weighted by Crippen LogP contribution is 2.25. The summed E-state index contributed by atoms with van der Waals surface area (Å²) in [6.07, 6.45) is 1.87. The number of aromatic nitrogens is 1. The molecule has 0 spiro atoms. The highest BCUT2D eigenvalue weighted by molar-refractivity contribution is 7.09. The second kappa shape index (κ2) is 5.77. The zero-order valence-electron chi connectivity index (χ0n) is 11.7. The van der Waals surface area contributed by atoms with E-state index >= 15 is 0 Å². The molecule has 0 saturated heterocycles. The number of furan rings is 1. The Morgan fingerprint density at radius 3 is 3.00 bits per heavy atom. The Bertz CT molecular complexity index is 688. The van der Waals surface area contributed by atoms with Gasteiger partial charge in [0, 0.05) is 41.5 Å². The molecule has 1 atom stereocenters. The van der Waals surface area contributed by atoms with Gasteiger partial charge in [0.25, 0.3) is 0 Å². The normalized spacial score (nSPS) is 12.9. The van der Waals surface area contributed by atoms with Crippen LogP contribution in [0.15, 0.2) is 40.3 Å². The van der Waals surface area contributed by atoms with Crippen LogP contribution < -0.4 is 5.32 Å². The van der Waals surface area contributed by atoms with Crippen LogP contribution in [0.25, 0.3) is 11.0 Å². The molecule has 2 heterocycles. The molecule has 4 heteroatoms. The van der Waals surface area contributed by atoms with Crippen molar-refractivity contribution in [1.29, 1.82) is 0 Å². The number of nitrogens with zero attached hydrogens (tertiary/aromatic N) is 1. The van der Waals surface area contributed by atoms with Gasteiger partial charge in [0.05, 0.1) is 5.01 Å². The van der Waals surface area contributed by atoms with Crippen LogP contribution in [-0.2, 0) is 6.54 Å². The molecule has 3 nitrogen and oxygen atoms in total. The van der Waals surface area contributed by atoms with Gasteiger partial charge in [0.15, 0.2) is 0 Å². The maximum atomic E-state index is 5.78. The Labute approximate surface area is 122 Å². The van der Waals surface area contributed by atoms with Gasteiger partial charge in [0.1, 0.15) is 11.3 Å². The van der Waals surface area contributed by atoms with Crippen LogP contribution >= 0.6 is 11.3 Å². The molecule has 0 radical (unpaired) electrons. The zero-order valence-corrected chi connectivity index (χ0v) is 12.5. The number of para-hydroxylation sites is 1. The van der Waals surface area contributed by atoms with Crippen LogP contribution in [0, 0.1) is 6.92 Å². The Balaban J connectivity index is 1.67. The van der Waals surface area contributed by atoms with E-state index in [2.05, 4.69) is 29.4 Å². The van der Waals surface area contributed by atoms with Crippen LogP contribution in [0.5, 0.6) is 0 Å². The summed E-state index contributed by atoms with van der Waals surface area (Å²) in [6, 6.07) is 8.20. The Morgan fingerprint density at radius 1 is 1.35 bits per heavy atom. The van der Waals surface area contributed by atoms with Crippen molar-refractivity contribution in [3.05, 3.63) is 52.2 Å². The highest BCUT2D eigenvalue weighted by atomic mass is 32.1. The molecular weight excluding hydrogens is 268 g/mol. The van der Waals surface area contributed by atoms with E-state index in [1.54, 1.807) is 11.3 Å². The first-order valence-corrected chi connectivity index (χ1v) is 7.71. The predicted octanol–water partition coefficient (Wildman–Crippen LogP) is 4.09. The molecule has 20 heavy (non-hydrogen) atoms. The topological polar surface area (TPSA) is 38.1 Å². The van der Waals surface area contributed by atoms with Gasteiger partial charge in [-0.3, -0.25) is 0 Å². The molecule has 0 fully saturated rings. The molecule has 1 aromatic carbocycles. The van der Waals surface area contributed by atoms with Gasteiger partial charge in [-0.2, -0.15) is 0 Å². The number of benzene rings is 1. The van der Waals surface area contributed by atoms with Crippen LogP contribution in [-0.4, -0.2) is 11.5 Å². The molecular formula is C16H18N2OS. The van der Waals surface area contributed by atoms with Gasteiger partial charge in [-0.1, -0.05) is 25.1 Å². The van der Waals surface area contributed by atoms with Crippen LogP contribution in [0.2, 0.25) is 0 Å². The lowest BCUT2D eigenvalue weighted by atomic mass is 10.1. The Kier molecular flexibility index (Phi) is 3.85. The number of hydrogen-bond acceptors (Lipinski definition) is 4. The van der Waals surface area contributed by atoms with E-state index in [1.807, 2.05) is 30.6 Å². The number of aryl methyl sites for hydroxylation is 1. The van der Waals surface area contributed by atoms with Crippen molar-refractivity contribution in [1.82, 2.24) is 10.3 Å². The maximum absolute atomic E-state index is 5.78. The van der Waals surface area contributed by atoms with Crippen molar-refractivity contribution in [2.24, 2.45) is 0 Å².